The molecule has 1 fully saturated rings. The topological polar surface area (TPSA) is 120 Å². The number of ether oxygens (including phenoxy) is 1. The van der Waals surface area contributed by atoms with Gasteiger partial charge in [-0.05, 0) is 31.9 Å². The zero-order valence-corrected chi connectivity index (χ0v) is 14.6. The van der Waals surface area contributed by atoms with Gasteiger partial charge >= 0.3 is 0 Å². The Kier molecular flexibility index (Phi) is 5.50. The highest BCUT2D eigenvalue weighted by atomic mass is 16.5. The molecule has 3 rings (SSSR count). The van der Waals surface area contributed by atoms with E-state index in [2.05, 4.69) is 15.5 Å². The van der Waals surface area contributed by atoms with Crippen LogP contribution in [-0.4, -0.2) is 28.6 Å². The molecule has 8 nitrogen and oxygen atoms in total. The number of nitrogens with one attached hydrogen (secondary N) is 1. The minimum Gasteiger partial charge on any atom is -0.483 e. The van der Waals surface area contributed by atoms with Gasteiger partial charge in [-0.1, -0.05) is 30.1 Å². The van der Waals surface area contributed by atoms with E-state index in [9.17, 15) is 9.59 Å². The van der Waals surface area contributed by atoms with Crippen molar-refractivity contribution in [3.63, 3.8) is 0 Å². The third-order valence-corrected chi connectivity index (χ3v) is 4.40. The average Bonchev–Trinajstić information content (AvgIpc) is 3.31. The molecular weight excluding hydrogens is 336 g/mol. The van der Waals surface area contributed by atoms with Crippen molar-refractivity contribution in [2.45, 2.75) is 44.6 Å². The number of benzene rings is 1. The number of rotatable bonds is 7. The summed E-state index contributed by atoms with van der Waals surface area (Å²) in [6.07, 6.45) is 4.51. The summed E-state index contributed by atoms with van der Waals surface area (Å²) in [5.74, 6) is 0.739. The highest BCUT2D eigenvalue weighted by Crippen LogP contribution is 2.32. The molecule has 2 aromatic rings. The van der Waals surface area contributed by atoms with Crippen LogP contribution in [0.3, 0.4) is 0 Å². The summed E-state index contributed by atoms with van der Waals surface area (Å²) in [5.41, 5.74) is 5.39. The van der Waals surface area contributed by atoms with E-state index < -0.39 is 11.9 Å². The Morgan fingerprint density at radius 1 is 1.35 bits per heavy atom. The largest absolute Gasteiger partial charge is 0.483 e. The second kappa shape index (κ2) is 7.99. The lowest BCUT2D eigenvalue weighted by atomic mass is 10.1. The van der Waals surface area contributed by atoms with Crippen LogP contribution in [0.4, 0.5) is 0 Å². The fourth-order valence-electron chi connectivity index (χ4n) is 3.04. The molecule has 1 saturated carbocycles. The normalized spacial score (nSPS) is 15.6. The van der Waals surface area contributed by atoms with Crippen LogP contribution in [0.15, 0.2) is 28.8 Å². The fourth-order valence-corrected chi connectivity index (χ4v) is 3.04. The zero-order chi connectivity index (χ0) is 18.5. The third kappa shape index (κ3) is 4.19. The van der Waals surface area contributed by atoms with E-state index in [1.807, 2.05) is 0 Å². The summed E-state index contributed by atoms with van der Waals surface area (Å²) in [6.45, 7) is 1.48. The highest BCUT2D eigenvalue weighted by molar-refractivity contribution is 5.97. The lowest BCUT2D eigenvalue weighted by molar-refractivity contribution is -0.119. The SMILES string of the molecule is CC(NC(=O)c1ccccc1OCC(N)=O)c1nc(C2CCCC2)no1. The first-order valence-electron chi connectivity index (χ1n) is 8.69. The third-order valence-electron chi connectivity index (χ3n) is 4.40. The van der Waals surface area contributed by atoms with Crippen LogP contribution in [-0.2, 0) is 4.79 Å². The molecule has 1 atom stereocenters. The van der Waals surface area contributed by atoms with Gasteiger partial charge in [-0.15, -0.1) is 0 Å². The number of hydrogen-bond donors (Lipinski definition) is 2. The van der Waals surface area contributed by atoms with Gasteiger partial charge in [-0.25, -0.2) is 0 Å². The molecule has 0 saturated heterocycles. The maximum absolute atomic E-state index is 12.6. The van der Waals surface area contributed by atoms with Crippen LogP contribution in [0.5, 0.6) is 5.75 Å². The van der Waals surface area contributed by atoms with Crippen molar-refractivity contribution in [1.82, 2.24) is 15.5 Å². The molecule has 138 valence electrons. The summed E-state index contributed by atoms with van der Waals surface area (Å²) in [6, 6.07) is 6.18. The fraction of sp³-hybridized carbons (Fsp3) is 0.444. The van der Waals surface area contributed by atoms with Crippen molar-refractivity contribution >= 4 is 11.8 Å². The molecule has 3 N–H and O–H groups in total. The van der Waals surface area contributed by atoms with E-state index in [4.69, 9.17) is 15.0 Å². The Morgan fingerprint density at radius 3 is 2.81 bits per heavy atom. The lowest BCUT2D eigenvalue weighted by Crippen LogP contribution is -2.28. The predicted octanol–water partition coefficient (Wildman–Crippen LogP) is 2.08. The molecule has 26 heavy (non-hydrogen) atoms. The summed E-state index contributed by atoms with van der Waals surface area (Å²) >= 11 is 0. The van der Waals surface area contributed by atoms with Crippen molar-refractivity contribution in [3.05, 3.63) is 41.5 Å². The Labute approximate surface area is 151 Å². The minimum absolute atomic E-state index is 0.285. The molecule has 1 heterocycles. The van der Waals surface area contributed by atoms with Crippen LogP contribution >= 0.6 is 0 Å². The summed E-state index contributed by atoms with van der Waals surface area (Å²) in [4.78, 5) is 27.9. The maximum Gasteiger partial charge on any atom is 0.255 e. The van der Waals surface area contributed by atoms with Gasteiger partial charge in [0.05, 0.1) is 5.56 Å². The van der Waals surface area contributed by atoms with Gasteiger partial charge < -0.3 is 20.3 Å². The highest BCUT2D eigenvalue weighted by Gasteiger charge is 2.25. The Morgan fingerprint density at radius 2 is 2.08 bits per heavy atom. The number of hydrogen-bond acceptors (Lipinski definition) is 6. The quantitative estimate of drug-likeness (QED) is 0.782. The summed E-state index contributed by atoms with van der Waals surface area (Å²) in [5, 5.41) is 6.87. The number of para-hydroxylation sites is 1. The molecular formula is C18H22N4O4. The molecule has 1 aromatic carbocycles. The maximum atomic E-state index is 12.6. The Bertz CT molecular complexity index is 783. The summed E-state index contributed by atoms with van der Waals surface area (Å²) < 4.78 is 10.6. The number of carbonyl (C=O) groups is 2. The van der Waals surface area contributed by atoms with Crippen LogP contribution in [0.1, 0.15) is 66.6 Å². The van der Waals surface area contributed by atoms with E-state index >= 15 is 0 Å². The molecule has 0 spiro atoms. The lowest BCUT2D eigenvalue weighted by Gasteiger charge is -2.13. The monoisotopic (exact) mass is 358 g/mol. The first-order chi connectivity index (χ1) is 12.5. The number of carbonyl (C=O) groups excluding carboxylic acids is 2. The van der Waals surface area contributed by atoms with E-state index in [-0.39, 0.29) is 18.3 Å². The molecule has 1 aliphatic rings. The van der Waals surface area contributed by atoms with E-state index in [1.54, 1.807) is 31.2 Å². The Hall–Kier alpha value is -2.90. The zero-order valence-electron chi connectivity index (χ0n) is 14.6. The second-order valence-electron chi connectivity index (χ2n) is 6.42. The standard InChI is InChI=1S/C18H22N4O4/c1-11(18-21-16(22-26-18)12-6-2-3-7-12)20-17(24)13-8-4-5-9-14(13)25-10-15(19)23/h4-5,8-9,11-12H,2-3,6-7,10H2,1H3,(H2,19,23)(H,20,24). The van der Waals surface area contributed by atoms with Gasteiger partial charge in [0.25, 0.3) is 11.8 Å². The molecule has 0 bridgehead atoms. The van der Waals surface area contributed by atoms with Crippen molar-refractivity contribution in [3.8, 4) is 5.75 Å². The molecule has 1 unspecified atom stereocenters. The van der Waals surface area contributed by atoms with Gasteiger partial charge in [0.2, 0.25) is 5.89 Å². The molecule has 0 radical (unpaired) electrons. The van der Waals surface area contributed by atoms with Crippen LogP contribution in [0.2, 0.25) is 0 Å². The minimum atomic E-state index is -0.612. The average molecular weight is 358 g/mol. The van der Waals surface area contributed by atoms with E-state index in [0.717, 1.165) is 12.8 Å². The predicted molar refractivity (Wildman–Crippen MR) is 92.5 cm³/mol. The number of nitrogens with two attached hydrogens (primary N) is 1. The molecule has 1 aliphatic carbocycles. The van der Waals surface area contributed by atoms with Gasteiger partial charge in [0.15, 0.2) is 12.4 Å². The number of primary amides is 1. The van der Waals surface area contributed by atoms with Crippen LogP contribution < -0.4 is 15.8 Å². The van der Waals surface area contributed by atoms with Crippen molar-refractivity contribution in [2.24, 2.45) is 5.73 Å². The smallest absolute Gasteiger partial charge is 0.255 e. The Balaban J connectivity index is 1.67. The van der Waals surface area contributed by atoms with Gasteiger partial charge in [-0.3, -0.25) is 9.59 Å². The van der Waals surface area contributed by atoms with E-state index in [0.29, 0.717) is 23.2 Å². The molecule has 1 aromatic heterocycles. The first kappa shape index (κ1) is 17.9. The van der Waals surface area contributed by atoms with Crippen molar-refractivity contribution in [1.29, 1.82) is 0 Å². The number of nitrogens with zero attached hydrogens (tertiary/aromatic N) is 2. The molecule has 0 aliphatic heterocycles. The van der Waals surface area contributed by atoms with Crippen LogP contribution in [0.25, 0.3) is 0 Å². The first-order valence-corrected chi connectivity index (χ1v) is 8.69. The molecule has 2 amide bonds. The van der Waals surface area contributed by atoms with Crippen molar-refractivity contribution in [2.75, 3.05) is 6.61 Å². The van der Waals surface area contributed by atoms with Crippen molar-refractivity contribution < 1.29 is 18.8 Å². The van der Waals surface area contributed by atoms with Gasteiger partial charge in [-0.2, -0.15) is 4.98 Å². The molecule has 8 heteroatoms. The van der Waals surface area contributed by atoms with Gasteiger partial charge in [0.1, 0.15) is 11.8 Å². The van der Waals surface area contributed by atoms with Gasteiger partial charge in [0, 0.05) is 5.92 Å². The number of amides is 2. The van der Waals surface area contributed by atoms with E-state index in [1.165, 1.54) is 12.8 Å². The number of aromatic nitrogens is 2. The second-order valence-corrected chi connectivity index (χ2v) is 6.42. The summed E-state index contributed by atoms with van der Waals surface area (Å²) in [7, 11) is 0. The van der Waals surface area contributed by atoms with Crippen LogP contribution in [0, 0.1) is 0 Å².